The van der Waals surface area contributed by atoms with E-state index in [9.17, 15) is 0 Å². The summed E-state index contributed by atoms with van der Waals surface area (Å²) in [5.41, 5.74) is 19.9. The normalized spacial score (nSPS) is 12.5. The Kier molecular flexibility index (Phi) is 22.2. The number of hydrogen-bond donors (Lipinski definition) is 0. The molecule has 6 aromatic carbocycles. The van der Waals surface area contributed by atoms with Gasteiger partial charge in [0.25, 0.3) is 0 Å². The standard InChI is InChI=1S/C54H54N.C7H8.2C2H6/c1-7-10-12-14-15-23-43(36-45-24-17-16-22-40(45)4)29-32-44(21-9-3)46-30-27-41(5)50(37-46)51-38-47(31-28-42(51)6)48-33-34-54-52(39-48)49-25-18-19-26-53(49)55(54)35-20-13-11-8-2;1-7-5-3-2-4-6-7;2*1-2/h3,8,11,13,15-20,22-35,37-39H,7,10,12,14,21,36H2,1-2,4-6H3;2-6H,1H3;2*1-2H3/q+1;;;/b11-8-,20-13-,23-15?,43-29-,44-32+,55-35?;;;. The molecule has 0 saturated heterocycles. The van der Waals surface area contributed by atoms with Gasteiger partial charge in [-0.2, -0.15) is 4.58 Å². The highest BCUT2D eigenvalue weighted by molar-refractivity contribution is 5.99. The zero-order valence-corrected chi connectivity index (χ0v) is 41.7. The summed E-state index contributed by atoms with van der Waals surface area (Å²) in [5, 5.41) is 0. The van der Waals surface area contributed by atoms with Gasteiger partial charge in [0.05, 0.1) is 11.1 Å². The molecular weight excluding hydrogens is 795 g/mol. The van der Waals surface area contributed by atoms with Crippen molar-refractivity contribution in [1.29, 1.82) is 0 Å². The lowest BCUT2D eigenvalue weighted by Gasteiger charge is -2.15. The molecule has 0 spiro atoms. The van der Waals surface area contributed by atoms with Crippen LogP contribution in [0.3, 0.4) is 0 Å². The zero-order valence-electron chi connectivity index (χ0n) is 41.7. The lowest BCUT2D eigenvalue weighted by molar-refractivity contribution is 0.729. The van der Waals surface area contributed by atoms with Crippen LogP contribution in [0.2, 0.25) is 0 Å². The second kappa shape index (κ2) is 28.2. The maximum atomic E-state index is 6.01. The Morgan fingerprint density at radius 2 is 1.23 bits per heavy atom. The molecule has 7 rings (SSSR count). The largest absolute Gasteiger partial charge is 0.219 e. The van der Waals surface area contributed by atoms with Gasteiger partial charge in [-0.05, 0) is 145 Å². The van der Waals surface area contributed by atoms with Crippen molar-refractivity contribution in [3.8, 4) is 45.7 Å². The zero-order chi connectivity index (χ0) is 47.7. The molecule has 0 bridgehead atoms. The number of para-hydroxylation sites is 1. The predicted octanol–water partition coefficient (Wildman–Crippen LogP) is 18.7. The molecule has 0 saturated carbocycles. The number of rotatable bonds is 14. The van der Waals surface area contributed by atoms with E-state index in [4.69, 9.17) is 6.42 Å². The van der Waals surface area contributed by atoms with Crippen molar-refractivity contribution in [3.63, 3.8) is 0 Å². The minimum atomic E-state index is 0.562. The third kappa shape index (κ3) is 14.6. The molecule has 0 radical (unpaired) electrons. The predicted molar refractivity (Wildman–Crippen MR) is 295 cm³/mol. The highest BCUT2D eigenvalue weighted by atomic mass is 15.0. The van der Waals surface area contributed by atoms with Crippen LogP contribution in [-0.2, 0) is 6.42 Å². The van der Waals surface area contributed by atoms with E-state index >= 15 is 0 Å². The van der Waals surface area contributed by atoms with Crippen LogP contribution >= 0.6 is 0 Å². The number of terminal acetylenes is 1. The van der Waals surface area contributed by atoms with Crippen LogP contribution in [0.15, 0.2) is 188 Å². The fourth-order valence-electron chi connectivity index (χ4n) is 7.92. The Morgan fingerprint density at radius 1 is 0.591 bits per heavy atom. The maximum Gasteiger partial charge on any atom is 0.219 e. The Balaban J connectivity index is 0.000000773. The molecule has 1 nitrogen and oxygen atoms in total. The van der Waals surface area contributed by atoms with E-state index in [1.807, 2.05) is 58.9 Å². The first-order valence-corrected chi connectivity index (χ1v) is 24.2. The van der Waals surface area contributed by atoms with Gasteiger partial charge in [-0.3, -0.25) is 0 Å². The van der Waals surface area contributed by atoms with Gasteiger partial charge in [0.2, 0.25) is 11.4 Å². The van der Waals surface area contributed by atoms with Crippen LogP contribution < -0.4 is 4.58 Å². The van der Waals surface area contributed by atoms with E-state index in [1.165, 1.54) is 97.4 Å². The van der Waals surface area contributed by atoms with E-state index in [2.05, 4.69) is 209 Å². The van der Waals surface area contributed by atoms with E-state index in [-0.39, 0.29) is 0 Å². The van der Waals surface area contributed by atoms with Crippen molar-refractivity contribution >= 4 is 23.2 Å². The number of aryl methyl sites for hydroxylation is 4. The number of fused-ring (bicyclic) bond motifs is 3. The van der Waals surface area contributed by atoms with Gasteiger partial charge < -0.3 is 0 Å². The van der Waals surface area contributed by atoms with Crippen LogP contribution in [-0.4, -0.2) is 6.21 Å². The van der Waals surface area contributed by atoms with E-state index < -0.39 is 0 Å². The Labute approximate surface area is 400 Å². The first-order chi connectivity index (χ1) is 32.3. The van der Waals surface area contributed by atoms with Gasteiger partial charge in [-0.1, -0.05) is 187 Å². The molecule has 0 amide bonds. The molecule has 66 heavy (non-hydrogen) atoms. The van der Waals surface area contributed by atoms with E-state index in [1.54, 1.807) is 0 Å². The molecule has 0 atom stereocenters. The molecule has 6 aromatic rings. The summed E-state index contributed by atoms with van der Waals surface area (Å²) in [5.74, 6) is 2.95. The molecule has 0 unspecified atom stereocenters. The minimum absolute atomic E-state index is 0.562. The van der Waals surface area contributed by atoms with Crippen LogP contribution in [0.4, 0.5) is 11.4 Å². The first-order valence-electron chi connectivity index (χ1n) is 24.2. The van der Waals surface area contributed by atoms with Crippen molar-refractivity contribution < 1.29 is 0 Å². The molecule has 1 heteroatoms. The quantitative estimate of drug-likeness (QED) is 0.0443. The number of allylic oxidation sites excluding steroid dienone is 10. The third-order valence-electron chi connectivity index (χ3n) is 11.5. The summed E-state index contributed by atoms with van der Waals surface area (Å²) >= 11 is 0. The fraction of sp³-hybridized carbons (Fsp3) is 0.246. The van der Waals surface area contributed by atoms with Gasteiger partial charge in [-0.25, -0.2) is 0 Å². The molecule has 1 heterocycles. The van der Waals surface area contributed by atoms with Crippen molar-refractivity contribution in [2.24, 2.45) is 0 Å². The lowest BCUT2D eigenvalue weighted by Crippen LogP contribution is -2.00. The Bertz CT molecular complexity index is 2690. The summed E-state index contributed by atoms with van der Waals surface area (Å²) in [6.45, 7) is 21.0. The monoisotopic (exact) mass is 869 g/mol. The SMILES string of the molecule is C#CC/C(=C\C=C(\C=CCCCCC)Cc1ccccc1C)c1ccc(C)c(-c2cc(-c3ccc4c(c3)-c3ccccc3[N+]4=C/C=C\C=C/C)ccc2C)c1.CC.CC.Cc1ccccc1. The number of nitrogens with zero attached hydrogens (tertiary/aromatic N) is 1. The van der Waals surface area contributed by atoms with Gasteiger partial charge in [0.1, 0.15) is 0 Å². The van der Waals surface area contributed by atoms with Gasteiger partial charge in [-0.15, -0.1) is 12.3 Å². The van der Waals surface area contributed by atoms with Gasteiger partial charge in [0.15, 0.2) is 6.21 Å². The smallest absolute Gasteiger partial charge is 0.159 e. The molecule has 338 valence electrons. The molecule has 0 fully saturated rings. The number of unbranched alkanes of at least 4 members (excludes halogenated alkanes) is 3. The van der Waals surface area contributed by atoms with Gasteiger partial charge in [0, 0.05) is 24.6 Å². The fourth-order valence-corrected chi connectivity index (χ4v) is 7.92. The lowest BCUT2D eigenvalue weighted by atomic mass is 9.89. The molecule has 1 aliphatic heterocycles. The highest BCUT2D eigenvalue weighted by Crippen LogP contribution is 2.46. The van der Waals surface area contributed by atoms with Crippen LogP contribution in [0, 0.1) is 40.0 Å². The second-order valence-corrected chi connectivity index (χ2v) is 16.2. The van der Waals surface area contributed by atoms with Crippen molar-refractivity contribution in [2.45, 2.75) is 108 Å². The number of hydrogen-bond acceptors (Lipinski definition) is 0. The van der Waals surface area contributed by atoms with Crippen LogP contribution in [0.25, 0.3) is 39.0 Å². The van der Waals surface area contributed by atoms with Crippen LogP contribution in [0.1, 0.15) is 107 Å². The second-order valence-electron chi connectivity index (χ2n) is 16.2. The summed E-state index contributed by atoms with van der Waals surface area (Å²) in [6.07, 6.45) is 31.9. The Hall–Kier alpha value is -6.75. The van der Waals surface area contributed by atoms with E-state index in [0.717, 1.165) is 24.0 Å². The summed E-state index contributed by atoms with van der Waals surface area (Å²) < 4.78 is 2.29. The minimum Gasteiger partial charge on any atom is -0.159 e. The van der Waals surface area contributed by atoms with Gasteiger partial charge >= 0.3 is 0 Å². The third-order valence-corrected chi connectivity index (χ3v) is 11.5. The molecule has 0 aromatic heterocycles. The van der Waals surface area contributed by atoms with Crippen molar-refractivity contribution in [2.75, 3.05) is 0 Å². The molecular formula is C65H74N+. The number of benzene rings is 6. The molecule has 0 aliphatic carbocycles. The first kappa shape index (κ1) is 51.9. The Morgan fingerprint density at radius 3 is 1.91 bits per heavy atom. The van der Waals surface area contributed by atoms with Crippen LogP contribution in [0.5, 0.6) is 0 Å². The average Bonchev–Trinajstić information content (AvgIpc) is 3.66. The summed E-state index contributed by atoms with van der Waals surface area (Å²) in [7, 11) is 0. The van der Waals surface area contributed by atoms with Crippen molar-refractivity contribution in [3.05, 3.63) is 221 Å². The average molecular weight is 869 g/mol. The molecule has 1 aliphatic rings. The van der Waals surface area contributed by atoms with Crippen molar-refractivity contribution in [1.82, 2.24) is 4.58 Å². The highest BCUT2D eigenvalue weighted by Gasteiger charge is 2.31. The maximum absolute atomic E-state index is 6.01. The topological polar surface area (TPSA) is 3.01 Å². The molecule has 0 N–H and O–H groups in total. The van der Waals surface area contributed by atoms with E-state index in [0.29, 0.717) is 6.42 Å². The summed E-state index contributed by atoms with van der Waals surface area (Å²) in [6, 6.07) is 48.2. The summed E-state index contributed by atoms with van der Waals surface area (Å²) in [4.78, 5) is 0.